The standard InChI is InChI=1S/C9H12F2N2/c1-13-7-2-6(5-12)3-8(13)9(10,11)4-7/h6-8H,2-4H2,1H3. The lowest BCUT2D eigenvalue weighted by atomic mass is 9.92. The molecular formula is C9H12F2N2. The molecule has 0 N–H and O–H groups in total. The fourth-order valence-corrected chi connectivity index (χ4v) is 2.53. The Balaban J connectivity index is 2.22. The van der Waals surface area contributed by atoms with Gasteiger partial charge in [-0.1, -0.05) is 0 Å². The van der Waals surface area contributed by atoms with E-state index in [0.717, 1.165) is 0 Å². The van der Waals surface area contributed by atoms with Crippen molar-refractivity contribution < 1.29 is 8.78 Å². The second-order valence-electron chi connectivity index (χ2n) is 4.10. The number of hydrogen-bond donors (Lipinski definition) is 0. The molecule has 72 valence electrons. The molecule has 0 radical (unpaired) electrons. The van der Waals surface area contributed by atoms with Crippen molar-refractivity contribution in [2.45, 2.75) is 37.3 Å². The Labute approximate surface area is 76.1 Å². The first-order chi connectivity index (χ1) is 6.04. The Kier molecular flexibility index (Phi) is 1.81. The molecule has 0 amide bonds. The number of alkyl halides is 2. The van der Waals surface area contributed by atoms with Crippen molar-refractivity contribution in [3.05, 3.63) is 0 Å². The number of halogens is 2. The van der Waals surface area contributed by atoms with Crippen molar-refractivity contribution in [3.63, 3.8) is 0 Å². The predicted molar refractivity (Wildman–Crippen MR) is 43.2 cm³/mol. The van der Waals surface area contributed by atoms with E-state index in [1.165, 1.54) is 0 Å². The fourth-order valence-electron chi connectivity index (χ4n) is 2.53. The van der Waals surface area contributed by atoms with E-state index in [9.17, 15) is 8.78 Å². The molecule has 0 aliphatic carbocycles. The Hall–Kier alpha value is -0.690. The van der Waals surface area contributed by atoms with E-state index in [-0.39, 0.29) is 18.4 Å². The molecule has 0 saturated carbocycles. The number of nitriles is 1. The number of hydrogen-bond acceptors (Lipinski definition) is 2. The summed E-state index contributed by atoms with van der Waals surface area (Å²) in [6.45, 7) is 0. The molecule has 0 aromatic rings. The smallest absolute Gasteiger partial charge is 0.264 e. The van der Waals surface area contributed by atoms with Crippen molar-refractivity contribution in [3.8, 4) is 6.07 Å². The zero-order chi connectivity index (χ0) is 9.64. The highest BCUT2D eigenvalue weighted by molar-refractivity contribution is 5.07. The van der Waals surface area contributed by atoms with Crippen LogP contribution in [0.15, 0.2) is 0 Å². The van der Waals surface area contributed by atoms with E-state index in [4.69, 9.17) is 5.26 Å². The van der Waals surface area contributed by atoms with E-state index in [1.54, 1.807) is 11.9 Å². The van der Waals surface area contributed by atoms with Gasteiger partial charge in [0, 0.05) is 18.4 Å². The number of fused-ring (bicyclic) bond motifs is 2. The minimum absolute atomic E-state index is 0.0631. The molecule has 2 bridgehead atoms. The third kappa shape index (κ3) is 1.22. The van der Waals surface area contributed by atoms with Crippen molar-refractivity contribution in [1.82, 2.24) is 4.90 Å². The molecule has 4 heteroatoms. The minimum Gasteiger partial charge on any atom is -0.295 e. The summed E-state index contributed by atoms with van der Waals surface area (Å²) in [5.41, 5.74) is 0. The highest BCUT2D eigenvalue weighted by Gasteiger charge is 2.55. The fraction of sp³-hybridized carbons (Fsp3) is 0.889. The summed E-state index contributed by atoms with van der Waals surface area (Å²) in [6.07, 6.45) is 0.877. The van der Waals surface area contributed by atoms with Crippen LogP contribution in [0.1, 0.15) is 19.3 Å². The van der Waals surface area contributed by atoms with E-state index < -0.39 is 12.0 Å². The molecule has 2 aliphatic heterocycles. The molecule has 2 aliphatic rings. The molecular weight excluding hydrogens is 174 g/mol. The molecule has 0 aromatic carbocycles. The third-order valence-electron chi connectivity index (χ3n) is 3.31. The highest BCUT2D eigenvalue weighted by Crippen LogP contribution is 2.46. The molecule has 3 atom stereocenters. The normalized spacial score (nSPS) is 43.1. The van der Waals surface area contributed by atoms with E-state index >= 15 is 0 Å². The predicted octanol–water partition coefficient (Wildman–Crippen LogP) is 1.63. The first kappa shape index (κ1) is 8.89. The molecule has 2 saturated heterocycles. The van der Waals surface area contributed by atoms with Gasteiger partial charge in [-0.2, -0.15) is 5.26 Å². The van der Waals surface area contributed by atoms with Gasteiger partial charge in [0.2, 0.25) is 0 Å². The third-order valence-corrected chi connectivity index (χ3v) is 3.31. The van der Waals surface area contributed by atoms with Crippen LogP contribution < -0.4 is 0 Å². The van der Waals surface area contributed by atoms with Gasteiger partial charge in [0.1, 0.15) is 0 Å². The number of nitrogens with zero attached hydrogens (tertiary/aromatic N) is 2. The van der Waals surface area contributed by atoms with E-state index in [2.05, 4.69) is 6.07 Å². The summed E-state index contributed by atoms with van der Waals surface area (Å²) in [5.74, 6) is -2.75. The van der Waals surface area contributed by atoms with Gasteiger partial charge < -0.3 is 0 Å². The monoisotopic (exact) mass is 186 g/mol. The van der Waals surface area contributed by atoms with Crippen LogP contribution in [0.5, 0.6) is 0 Å². The van der Waals surface area contributed by atoms with Gasteiger partial charge in [-0.3, -0.25) is 4.90 Å². The van der Waals surface area contributed by atoms with Crippen LogP contribution in [-0.4, -0.2) is 30.0 Å². The van der Waals surface area contributed by atoms with Crippen molar-refractivity contribution >= 4 is 0 Å². The number of piperidine rings is 1. The summed E-state index contributed by atoms with van der Waals surface area (Å²) in [4.78, 5) is 1.74. The van der Waals surface area contributed by atoms with Crippen LogP contribution in [0.3, 0.4) is 0 Å². The topological polar surface area (TPSA) is 27.0 Å². The molecule has 0 aromatic heterocycles. The van der Waals surface area contributed by atoms with Crippen molar-refractivity contribution in [2.24, 2.45) is 5.92 Å². The molecule has 3 unspecified atom stereocenters. The lowest BCUT2D eigenvalue weighted by molar-refractivity contribution is -0.0366. The molecule has 2 rings (SSSR count). The average Bonchev–Trinajstić information content (AvgIpc) is 2.21. The lowest BCUT2D eigenvalue weighted by Gasteiger charge is -2.33. The number of rotatable bonds is 0. The second-order valence-corrected chi connectivity index (χ2v) is 4.10. The SMILES string of the molecule is CN1C2CC(C#N)CC1C(F)(F)C2. The minimum atomic E-state index is -2.58. The van der Waals surface area contributed by atoms with Gasteiger partial charge in [-0.25, -0.2) is 8.78 Å². The summed E-state index contributed by atoms with van der Waals surface area (Å²) < 4.78 is 26.6. The maximum Gasteiger partial charge on any atom is 0.264 e. The van der Waals surface area contributed by atoms with Crippen LogP contribution in [0, 0.1) is 17.2 Å². The zero-order valence-corrected chi connectivity index (χ0v) is 7.50. The van der Waals surface area contributed by atoms with E-state index in [1.807, 2.05) is 0 Å². The largest absolute Gasteiger partial charge is 0.295 e. The van der Waals surface area contributed by atoms with Gasteiger partial charge in [-0.15, -0.1) is 0 Å². The highest BCUT2D eigenvalue weighted by atomic mass is 19.3. The van der Waals surface area contributed by atoms with E-state index in [0.29, 0.717) is 12.8 Å². The van der Waals surface area contributed by atoms with Gasteiger partial charge in [0.15, 0.2) is 0 Å². The Morgan fingerprint density at radius 3 is 2.69 bits per heavy atom. The maximum absolute atomic E-state index is 13.3. The Bertz CT molecular complexity index is 259. The van der Waals surface area contributed by atoms with Gasteiger partial charge in [0.05, 0.1) is 12.1 Å². The quantitative estimate of drug-likeness (QED) is 0.575. The summed E-state index contributed by atoms with van der Waals surface area (Å²) in [6, 6.07) is 1.32. The lowest BCUT2D eigenvalue weighted by Crippen LogP contribution is -2.43. The maximum atomic E-state index is 13.3. The van der Waals surface area contributed by atoms with Crippen LogP contribution in [0.2, 0.25) is 0 Å². The molecule has 2 heterocycles. The van der Waals surface area contributed by atoms with Crippen molar-refractivity contribution in [1.29, 1.82) is 5.26 Å². The van der Waals surface area contributed by atoms with Crippen molar-refractivity contribution in [2.75, 3.05) is 7.05 Å². The summed E-state index contributed by atoms with van der Waals surface area (Å²) >= 11 is 0. The summed E-state index contributed by atoms with van der Waals surface area (Å²) in [5, 5.41) is 8.70. The molecule has 0 spiro atoms. The zero-order valence-electron chi connectivity index (χ0n) is 7.50. The van der Waals surface area contributed by atoms with Crippen LogP contribution in [0.4, 0.5) is 8.78 Å². The summed E-state index contributed by atoms with van der Waals surface area (Å²) in [7, 11) is 1.74. The van der Waals surface area contributed by atoms with Gasteiger partial charge in [0.25, 0.3) is 5.92 Å². The second kappa shape index (κ2) is 2.65. The van der Waals surface area contributed by atoms with Gasteiger partial charge >= 0.3 is 0 Å². The van der Waals surface area contributed by atoms with Crippen LogP contribution in [0.25, 0.3) is 0 Å². The first-order valence-electron chi connectivity index (χ1n) is 4.54. The Morgan fingerprint density at radius 1 is 1.46 bits per heavy atom. The van der Waals surface area contributed by atoms with Gasteiger partial charge in [-0.05, 0) is 19.9 Å². The van der Waals surface area contributed by atoms with Crippen LogP contribution >= 0.6 is 0 Å². The average molecular weight is 186 g/mol. The first-order valence-corrected chi connectivity index (χ1v) is 4.54. The molecule has 2 fully saturated rings. The molecule has 2 nitrogen and oxygen atoms in total. The molecule has 13 heavy (non-hydrogen) atoms. The van der Waals surface area contributed by atoms with Crippen LogP contribution in [-0.2, 0) is 0 Å². The Morgan fingerprint density at radius 2 is 2.15 bits per heavy atom.